The van der Waals surface area contributed by atoms with Gasteiger partial charge in [0.2, 0.25) is 0 Å². The molecule has 2 aliphatic rings. The standard InChI is InChI=1S/C37H47N3O3/c1-4-28-6-15-35(36(26-28)43-5-2)32-16-20-39(21-17-32)24-25-40-22-18-34(19-23-40)38-37(42)33-13-11-31(12-14-33)30-9-7-29(8-10-30)27(3)41/h6-15,26,32,34H,4-5,16-25H2,1-3H3,(H,38,42). The molecule has 6 heteroatoms. The Kier molecular flexibility index (Phi) is 10.7. The van der Waals surface area contributed by atoms with Crippen molar-refractivity contribution in [3.8, 4) is 16.9 Å². The van der Waals surface area contributed by atoms with Crippen molar-refractivity contribution in [3.63, 3.8) is 0 Å². The van der Waals surface area contributed by atoms with Gasteiger partial charge in [-0.15, -0.1) is 0 Å². The van der Waals surface area contributed by atoms with Gasteiger partial charge in [-0.2, -0.15) is 0 Å². The highest BCUT2D eigenvalue weighted by Crippen LogP contribution is 2.35. The van der Waals surface area contributed by atoms with Crippen molar-refractivity contribution in [2.24, 2.45) is 0 Å². The second kappa shape index (κ2) is 14.8. The van der Waals surface area contributed by atoms with E-state index in [0.717, 1.165) is 75.4 Å². The first-order valence-corrected chi connectivity index (χ1v) is 16.2. The van der Waals surface area contributed by atoms with E-state index in [1.807, 2.05) is 48.5 Å². The van der Waals surface area contributed by atoms with E-state index in [4.69, 9.17) is 4.74 Å². The second-order valence-corrected chi connectivity index (χ2v) is 12.1. The molecule has 2 aliphatic heterocycles. The van der Waals surface area contributed by atoms with Crippen LogP contribution in [0, 0.1) is 0 Å². The number of carbonyl (C=O) groups excluding carboxylic acids is 2. The van der Waals surface area contributed by atoms with Gasteiger partial charge in [-0.3, -0.25) is 9.59 Å². The summed E-state index contributed by atoms with van der Waals surface area (Å²) in [5, 5.41) is 3.26. The third-order valence-electron chi connectivity index (χ3n) is 9.24. The first-order chi connectivity index (χ1) is 20.9. The number of nitrogens with zero attached hydrogens (tertiary/aromatic N) is 2. The van der Waals surface area contributed by atoms with Crippen LogP contribution in [0.25, 0.3) is 11.1 Å². The summed E-state index contributed by atoms with van der Waals surface area (Å²) in [5.41, 5.74) is 6.19. The number of benzene rings is 3. The zero-order chi connectivity index (χ0) is 30.2. The van der Waals surface area contributed by atoms with Crippen molar-refractivity contribution in [2.75, 3.05) is 45.9 Å². The molecule has 0 spiro atoms. The van der Waals surface area contributed by atoms with Gasteiger partial charge in [0.1, 0.15) is 5.75 Å². The number of nitrogens with one attached hydrogen (secondary N) is 1. The number of carbonyl (C=O) groups is 2. The zero-order valence-corrected chi connectivity index (χ0v) is 26.1. The third-order valence-corrected chi connectivity index (χ3v) is 9.24. The number of piperidine rings is 2. The summed E-state index contributed by atoms with van der Waals surface area (Å²) in [6, 6.07) is 22.4. The van der Waals surface area contributed by atoms with E-state index in [1.54, 1.807) is 6.92 Å². The van der Waals surface area contributed by atoms with Crippen molar-refractivity contribution in [1.82, 2.24) is 15.1 Å². The third kappa shape index (κ3) is 8.12. The Labute approximate surface area is 257 Å². The SMILES string of the molecule is CCOc1cc(CC)ccc1C1CCN(CCN2CCC(NC(=O)c3ccc(-c4ccc(C(C)=O)cc4)cc3)CC2)CC1. The topological polar surface area (TPSA) is 61.9 Å². The second-order valence-electron chi connectivity index (χ2n) is 12.1. The van der Waals surface area contributed by atoms with Gasteiger partial charge in [0, 0.05) is 43.3 Å². The van der Waals surface area contributed by atoms with Crippen molar-refractivity contribution >= 4 is 11.7 Å². The molecule has 0 atom stereocenters. The summed E-state index contributed by atoms with van der Waals surface area (Å²) in [4.78, 5) is 29.6. The molecule has 5 rings (SSSR count). The molecule has 1 amide bonds. The first-order valence-electron chi connectivity index (χ1n) is 16.2. The van der Waals surface area contributed by atoms with Crippen LogP contribution in [0.2, 0.25) is 0 Å². The van der Waals surface area contributed by atoms with Crippen LogP contribution in [0.3, 0.4) is 0 Å². The fourth-order valence-corrected chi connectivity index (χ4v) is 6.45. The van der Waals surface area contributed by atoms with Crippen molar-refractivity contribution in [2.45, 2.75) is 64.8 Å². The molecule has 3 aromatic carbocycles. The monoisotopic (exact) mass is 581 g/mol. The van der Waals surface area contributed by atoms with Crippen LogP contribution in [0.5, 0.6) is 5.75 Å². The minimum Gasteiger partial charge on any atom is -0.494 e. The van der Waals surface area contributed by atoms with Gasteiger partial charge in [-0.25, -0.2) is 0 Å². The van der Waals surface area contributed by atoms with E-state index in [-0.39, 0.29) is 17.7 Å². The average molecular weight is 582 g/mol. The maximum atomic E-state index is 12.9. The molecular formula is C37H47N3O3. The van der Waals surface area contributed by atoms with Crippen molar-refractivity contribution in [3.05, 3.63) is 89.0 Å². The molecule has 6 nitrogen and oxygen atoms in total. The lowest BCUT2D eigenvalue weighted by molar-refractivity contribution is 0.0903. The first kappa shape index (κ1) is 31.0. The molecule has 3 aromatic rings. The molecule has 0 radical (unpaired) electrons. The number of ether oxygens (including phenoxy) is 1. The molecule has 1 N–H and O–H groups in total. The Bertz CT molecular complexity index is 1350. The Morgan fingerprint density at radius 1 is 0.767 bits per heavy atom. The van der Waals surface area contributed by atoms with Gasteiger partial charge < -0.3 is 19.9 Å². The van der Waals surface area contributed by atoms with Crippen LogP contribution in [0.4, 0.5) is 0 Å². The van der Waals surface area contributed by atoms with Crippen LogP contribution >= 0.6 is 0 Å². The molecule has 0 saturated carbocycles. The van der Waals surface area contributed by atoms with Crippen molar-refractivity contribution < 1.29 is 14.3 Å². The van der Waals surface area contributed by atoms with Crippen LogP contribution in [-0.2, 0) is 6.42 Å². The van der Waals surface area contributed by atoms with Gasteiger partial charge in [0.15, 0.2) is 5.78 Å². The largest absolute Gasteiger partial charge is 0.494 e. The molecular weight excluding hydrogens is 534 g/mol. The molecule has 0 aliphatic carbocycles. The van der Waals surface area contributed by atoms with Crippen molar-refractivity contribution in [1.29, 1.82) is 0 Å². The van der Waals surface area contributed by atoms with Gasteiger partial charge >= 0.3 is 0 Å². The Hall–Kier alpha value is -3.48. The Morgan fingerprint density at radius 2 is 1.33 bits per heavy atom. The number of ketones is 1. The van der Waals surface area contributed by atoms with E-state index in [2.05, 4.69) is 47.2 Å². The van der Waals surface area contributed by atoms with Crippen LogP contribution in [-0.4, -0.2) is 73.4 Å². The maximum Gasteiger partial charge on any atom is 0.251 e. The molecule has 2 heterocycles. The molecule has 0 unspecified atom stereocenters. The fourth-order valence-electron chi connectivity index (χ4n) is 6.45. The average Bonchev–Trinajstić information content (AvgIpc) is 3.05. The summed E-state index contributed by atoms with van der Waals surface area (Å²) in [6.07, 6.45) is 5.39. The number of hydrogen-bond acceptors (Lipinski definition) is 5. The van der Waals surface area contributed by atoms with Gasteiger partial charge in [0.05, 0.1) is 6.61 Å². The maximum absolute atomic E-state index is 12.9. The summed E-state index contributed by atoms with van der Waals surface area (Å²) in [5.74, 6) is 1.73. The van der Waals surface area contributed by atoms with Crippen LogP contribution in [0.15, 0.2) is 66.7 Å². The number of Topliss-reactive ketones (excluding diaryl/α,β-unsaturated/α-hetero) is 1. The minimum absolute atomic E-state index is 0.00312. The number of amides is 1. The van der Waals surface area contributed by atoms with Gasteiger partial charge in [-0.1, -0.05) is 55.5 Å². The summed E-state index contributed by atoms with van der Waals surface area (Å²) >= 11 is 0. The molecule has 228 valence electrons. The lowest BCUT2D eigenvalue weighted by Gasteiger charge is -2.36. The van der Waals surface area contributed by atoms with E-state index in [1.165, 1.54) is 24.0 Å². The van der Waals surface area contributed by atoms with Gasteiger partial charge in [-0.05, 0) is 105 Å². The van der Waals surface area contributed by atoms with Crippen LogP contribution < -0.4 is 10.1 Å². The van der Waals surface area contributed by atoms with E-state index < -0.39 is 0 Å². The Morgan fingerprint density at radius 3 is 1.86 bits per heavy atom. The predicted molar refractivity (Wildman–Crippen MR) is 174 cm³/mol. The zero-order valence-electron chi connectivity index (χ0n) is 26.1. The Balaban J connectivity index is 1.02. The van der Waals surface area contributed by atoms with E-state index >= 15 is 0 Å². The predicted octanol–water partition coefficient (Wildman–Crippen LogP) is 6.59. The molecule has 0 aromatic heterocycles. The summed E-state index contributed by atoms with van der Waals surface area (Å²) < 4.78 is 6.02. The quantitative estimate of drug-likeness (QED) is 0.259. The van der Waals surface area contributed by atoms with E-state index in [9.17, 15) is 9.59 Å². The summed E-state index contributed by atoms with van der Waals surface area (Å²) in [7, 11) is 0. The summed E-state index contributed by atoms with van der Waals surface area (Å²) in [6.45, 7) is 13.1. The molecule has 2 fully saturated rings. The highest BCUT2D eigenvalue weighted by Gasteiger charge is 2.25. The number of hydrogen-bond donors (Lipinski definition) is 1. The fraction of sp³-hybridized carbons (Fsp3) is 0.459. The molecule has 2 saturated heterocycles. The highest BCUT2D eigenvalue weighted by molar-refractivity contribution is 5.95. The minimum atomic E-state index is -0.00312. The smallest absolute Gasteiger partial charge is 0.251 e. The lowest BCUT2D eigenvalue weighted by Crippen LogP contribution is -2.47. The lowest BCUT2D eigenvalue weighted by atomic mass is 9.88. The number of aryl methyl sites for hydroxylation is 1. The molecule has 0 bridgehead atoms. The van der Waals surface area contributed by atoms with Crippen LogP contribution in [0.1, 0.15) is 84.2 Å². The number of likely N-dealkylation sites (tertiary alicyclic amines) is 2. The normalized spacial score (nSPS) is 17.1. The number of rotatable bonds is 11. The van der Waals surface area contributed by atoms with E-state index in [0.29, 0.717) is 23.7 Å². The van der Waals surface area contributed by atoms with Gasteiger partial charge in [0.25, 0.3) is 5.91 Å². The molecule has 43 heavy (non-hydrogen) atoms. The highest BCUT2D eigenvalue weighted by atomic mass is 16.5.